The maximum absolute atomic E-state index is 8.74. The lowest BCUT2D eigenvalue weighted by Crippen LogP contribution is -2.20. The Hall–Kier alpha value is -2.10. The van der Waals surface area contributed by atoms with Crippen LogP contribution in [0.5, 0.6) is 5.75 Å². The zero-order valence-electron chi connectivity index (χ0n) is 9.85. The van der Waals surface area contributed by atoms with Gasteiger partial charge in [0.05, 0.1) is 0 Å². The van der Waals surface area contributed by atoms with Crippen molar-refractivity contribution < 1.29 is 22.3 Å². The number of hydrogen-bond acceptors (Lipinski definition) is 4. The van der Waals surface area contributed by atoms with E-state index in [-0.39, 0.29) is 5.96 Å². The van der Waals surface area contributed by atoms with Crippen molar-refractivity contribution >= 4 is 22.4 Å². The molecular formula is C10H15N3O5S. The molecule has 0 radical (unpaired) electrons. The molecule has 9 heteroatoms. The first-order valence-electron chi connectivity index (χ1n) is 4.88. The van der Waals surface area contributed by atoms with Crippen LogP contribution in [0.1, 0.15) is 5.56 Å². The molecular weight excluding hydrogens is 274 g/mol. The first-order valence-corrected chi connectivity index (χ1v) is 6.27. The lowest BCUT2D eigenvalue weighted by Gasteiger charge is -2.10. The molecule has 1 aromatic carbocycles. The third-order valence-corrected chi connectivity index (χ3v) is 1.55. The second-order valence-electron chi connectivity index (χ2n) is 3.15. The van der Waals surface area contributed by atoms with Gasteiger partial charge >= 0.3 is 10.4 Å². The monoisotopic (exact) mass is 289 g/mol. The fourth-order valence-electron chi connectivity index (χ4n) is 1.06. The predicted molar refractivity (Wildman–Crippen MR) is 71.2 cm³/mol. The van der Waals surface area contributed by atoms with Crippen LogP contribution in [0.15, 0.2) is 30.3 Å². The van der Waals surface area contributed by atoms with E-state index in [1.807, 2.05) is 30.3 Å². The molecule has 1 aliphatic heterocycles. The highest BCUT2D eigenvalue weighted by molar-refractivity contribution is 7.79. The van der Waals surface area contributed by atoms with E-state index < -0.39 is 10.4 Å². The van der Waals surface area contributed by atoms with Gasteiger partial charge in [-0.2, -0.15) is 8.42 Å². The van der Waals surface area contributed by atoms with Gasteiger partial charge in [0.15, 0.2) is 5.96 Å². The summed E-state index contributed by atoms with van der Waals surface area (Å²) in [5.41, 5.74) is 10.1. The first-order chi connectivity index (χ1) is 8.70. The molecule has 0 spiro atoms. The fourth-order valence-corrected chi connectivity index (χ4v) is 1.06. The predicted octanol–water partition coefficient (Wildman–Crippen LogP) is 0.278. The maximum atomic E-state index is 8.74. The lowest BCUT2D eigenvalue weighted by molar-refractivity contribution is 0.358. The molecule has 2 rings (SSSR count). The summed E-state index contributed by atoms with van der Waals surface area (Å²) < 4.78 is 36.9. The number of nitrogens with one attached hydrogen (secondary N) is 1. The number of nitrogens with two attached hydrogens (primary N) is 2. The van der Waals surface area contributed by atoms with Crippen molar-refractivity contribution in [1.82, 2.24) is 0 Å². The number of hydrogen-bond donors (Lipinski definition) is 5. The van der Waals surface area contributed by atoms with E-state index in [4.69, 9.17) is 27.7 Å². The molecule has 0 aliphatic carbocycles. The number of ether oxygens (including phenoxy) is 1. The van der Waals surface area contributed by atoms with Crippen molar-refractivity contribution in [2.24, 2.45) is 11.5 Å². The zero-order valence-corrected chi connectivity index (χ0v) is 10.7. The van der Waals surface area contributed by atoms with Gasteiger partial charge in [0.1, 0.15) is 12.4 Å². The average molecular weight is 289 g/mol. The van der Waals surface area contributed by atoms with Crippen LogP contribution < -0.4 is 16.2 Å². The Morgan fingerprint density at radius 2 is 1.74 bits per heavy atom. The Labute approximate surface area is 110 Å². The van der Waals surface area contributed by atoms with Gasteiger partial charge in [-0.15, -0.1) is 0 Å². The van der Waals surface area contributed by atoms with Gasteiger partial charge in [-0.05, 0) is 12.1 Å². The first kappa shape index (κ1) is 16.9. The summed E-state index contributed by atoms with van der Waals surface area (Å²) >= 11 is 0. The van der Waals surface area contributed by atoms with Gasteiger partial charge in [-0.25, -0.2) is 0 Å². The van der Waals surface area contributed by atoms with E-state index >= 15 is 0 Å². The van der Waals surface area contributed by atoms with Gasteiger partial charge in [0, 0.05) is 5.56 Å². The van der Waals surface area contributed by atoms with Gasteiger partial charge < -0.3 is 16.2 Å². The van der Waals surface area contributed by atoms with E-state index in [0.717, 1.165) is 5.75 Å². The summed E-state index contributed by atoms with van der Waals surface area (Å²) in [5, 5.41) is 6.06. The Morgan fingerprint density at radius 1 is 1.26 bits per heavy atom. The number of fused-ring (bicyclic) bond motifs is 1. The molecule has 0 bridgehead atoms. The van der Waals surface area contributed by atoms with Crippen molar-refractivity contribution in [3.8, 4) is 5.75 Å². The topological polar surface area (TPSA) is 160 Å². The molecule has 1 aliphatic rings. The molecule has 0 amide bonds. The van der Waals surface area contributed by atoms with Crippen LogP contribution >= 0.6 is 0 Å². The second-order valence-corrected chi connectivity index (χ2v) is 4.05. The Bertz CT molecular complexity index is 530. The lowest BCUT2D eigenvalue weighted by atomic mass is 10.1. The van der Waals surface area contributed by atoms with Crippen LogP contribution in [0.25, 0.3) is 6.08 Å². The Balaban J connectivity index is 0.000000307. The molecule has 7 N–H and O–H groups in total. The fraction of sp³-hybridized carbons (Fsp3) is 0.100. The van der Waals surface area contributed by atoms with E-state index in [1.54, 1.807) is 0 Å². The third-order valence-electron chi connectivity index (χ3n) is 1.55. The number of para-hydroxylation sites is 1. The van der Waals surface area contributed by atoms with Gasteiger partial charge in [0.2, 0.25) is 0 Å². The highest BCUT2D eigenvalue weighted by Crippen LogP contribution is 2.21. The summed E-state index contributed by atoms with van der Waals surface area (Å²) in [6, 6.07) is 8.03. The van der Waals surface area contributed by atoms with E-state index in [2.05, 4.69) is 17.5 Å². The van der Waals surface area contributed by atoms with Crippen LogP contribution in [0, 0.1) is 5.41 Å². The third kappa shape index (κ3) is 12.2. The zero-order chi connectivity index (χ0) is 14.9. The smallest absolute Gasteiger partial charge is 0.394 e. The second kappa shape index (κ2) is 8.08. The molecule has 1 aromatic rings. The van der Waals surface area contributed by atoms with Crippen LogP contribution in [-0.2, 0) is 10.4 Å². The minimum atomic E-state index is -4.67. The standard InChI is InChI=1S/C9H8O.CH5N3.H2O4S/c1-2-6-9-8(4-1)5-3-7-10-9;2-1(3)4;1-5(2,3)4/h1-6H,7H2;(H5,2,3,4);(H2,1,2,3,4). The summed E-state index contributed by atoms with van der Waals surface area (Å²) in [6.45, 7) is 0.705. The molecule has 0 fully saturated rings. The molecule has 0 aromatic heterocycles. The largest absolute Gasteiger partial charge is 0.489 e. The highest BCUT2D eigenvalue weighted by Gasteiger charge is 2.01. The van der Waals surface area contributed by atoms with Crippen LogP contribution in [0.2, 0.25) is 0 Å². The van der Waals surface area contributed by atoms with Crippen molar-refractivity contribution in [3.05, 3.63) is 35.9 Å². The molecule has 106 valence electrons. The minimum absolute atomic E-state index is 0.333. The number of guanidine groups is 1. The quantitative estimate of drug-likeness (QED) is 0.260. The van der Waals surface area contributed by atoms with Crippen molar-refractivity contribution in [2.45, 2.75) is 0 Å². The Morgan fingerprint density at radius 3 is 2.21 bits per heavy atom. The average Bonchev–Trinajstić information content (AvgIpc) is 2.26. The van der Waals surface area contributed by atoms with Gasteiger partial charge in [-0.3, -0.25) is 14.5 Å². The number of rotatable bonds is 0. The van der Waals surface area contributed by atoms with E-state index in [9.17, 15) is 0 Å². The molecule has 0 atom stereocenters. The molecule has 0 unspecified atom stereocenters. The molecule has 0 saturated carbocycles. The molecule has 0 saturated heterocycles. The van der Waals surface area contributed by atoms with Crippen molar-refractivity contribution in [3.63, 3.8) is 0 Å². The summed E-state index contributed by atoms with van der Waals surface area (Å²) in [5.74, 6) is 0.657. The van der Waals surface area contributed by atoms with Crippen LogP contribution in [0.3, 0.4) is 0 Å². The number of benzene rings is 1. The van der Waals surface area contributed by atoms with Crippen molar-refractivity contribution in [2.75, 3.05) is 6.61 Å². The normalized spacial score (nSPS) is 11.7. The highest BCUT2D eigenvalue weighted by atomic mass is 32.3. The molecule has 8 nitrogen and oxygen atoms in total. The summed E-state index contributed by atoms with van der Waals surface area (Å²) in [6.07, 6.45) is 4.10. The molecule has 19 heavy (non-hydrogen) atoms. The molecule has 1 heterocycles. The van der Waals surface area contributed by atoms with Gasteiger partial charge in [-0.1, -0.05) is 24.3 Å². The van der Waals surface area contributed by atoms with Crippen molar-refractivity contribution in [1.29, 1.82) is 5.41 Å². The minimum Gasteiger partial charge on any atom is -0.489 e. The van der Waals surface area contributed by atoms with E-state index in [0.29, 0.717) is 6.61 Å². The van der Waals surface area contributed by atoms with Gasteiger partial charge in [0.25, 0.3) is 0 Å². The summed E-state index contributed by atoms with van der Waals surface area (Å²) in [7, 11) is -4.67. The Kier molecular flexibility index (Phi) is 7.19. The van der Waals surface area contributed by atoms with Crippen LogP contribution in [-0.4, -0.2) is 30.1 Å². The van der Waals surface area contributed by atoms with Crippen LogP contribution in [0.4, 0.5) is 0 Å². The summed E-state index contributed by atoms with van der Waals surface area (Å²) in [4.78, 5) is 0. The maximum Gasteiger partial charge on any atom is 0.394 e. The van der Waals surface area contributed by atoms with E-state index in [1.165, 1.54) is 5.56 Å². The SMILES string of the molecule is C1=Cc2ccccc2OC1.N=C(N)N.O=S(=O)(O)O.